The number of rotatable bonds is 3. The predicted octanol–water partition coefficient (Wildman–Crippen LogP) is 4.72. The number of ether oxygens (including phenoxy) is 2. The maximum Gasteiger partial charge on any atom is 0.329 e. The summed E-state index contributed by atoms with van der Waals surface area (Å²) in [6.45, 7) is 1.38. The number of amides is 1. The van der Waals surface area contributed by atoms with Gasteiger partial charge in [-0.25, -0.2) is 17.9 Å². The molecule has 2 aliphatic heterocycles. The van der Waals surface area contributed by atoms with Crippen molar-refractivity contribution >= 4 is 39.2 Å². The number of nitrogens with one attached hydrogen (secondary N) is 1. The van der Waals surface area contributed by atoms with Crippen LogP contribution in [0.15, 0.2) is 48.6 Å². The molecule has 4 aliphatic rings. The second kappa shape index (κ2) is 12.1. The molecule has 6 rings (SSSR count). The highest BCUT2D eigenvalue weighted by atomic mass is 35.5. The van der Waals surface area contributed by atoms with Gasteiger partial charge in [-0.05, 0) is 98.2 Å². The number of carboxylic acids is 1. The minimum Gasteiger partial charge on any atom is -0.490 e. The van der Waals surface area contributed by atoms with Crippen LogP contribution in [0.1, 0.15) is 60.0 Å². The molecule has 2 aromatic carbocycles. The molecule has 0 aromatic heterocycles. The molecule has 9 nitrogen and oxygen atoms in total. The molecular weight excluding hydrogens is 592 g/mol. The van der Waals surface area contributed by atoms with Crippen LogP contribution < -0.4 is 14.4 Å². The van der Waals surface area contributed by atoms with Crippen LogP contribution in [0.2, 0.25) is 5.02 Å². The highest BCUT2D eigenvalue weighted by Gasteiger charge is 2.44. The molecule has 2 bridgehead atoms. The van der Waals surface area contributed by atoms with Gasteiger partial charge in [0, 0.05) is 29.1 Å². The standard InChI is InChI=1S/C32H37ClN2O7S/c33-24-9-11-26-21(15-24)5-4-13-32(26)19-35-17-23-7-10-25(23)28(41-18-30(36)37)6-2-1-3-14-43(39,40)34-31(38)22-8-12-29(42-20-32)27(35)16-22/h2,6,8-9,11-12,15-16,23,25,28H,1,3-5,7,10,13-14,17-20H2,(H,34,38)(H,36,37)/b6-2+/t23-,25+,28+,32-/m0/s1. The van der Waals surface area contributed by atoms with Crippen molar-refractivity contribution in [3.8, 4) is 5.75 Å². The van der Waals surface area contributed by atoms with Crippen molar-refractivity contribution in [3.63, 3.8) is 0 Å². The van der Waals surface area contributed by atoms with Gasteiger partial charge in [-0.3, -0.25) is 4.79 Å². The Balaban J connectivity index is 1.40. The van der Waals surface area contributed by atoms with Gasteiger partial charge in [-0.1, -0.05) is 29.8 Å². The second-order valence-electron chi connectivity index (χ2n) is 12.3. The van der Waals surface area contributed by atoms with Gasteiger partial charge in [-0.15, -0.1) is 0 Å². The Morgan fingerprint density at radius 3 is 2.84 bits per heavy atom. The molecule has 1 spiro atoms. The zero-order chi connectivity index (χ0) is 30.2. The van der Waals surface area contributed by atoms with Crippen molar-refractivity contribution in [2.75, 3.05) is 37.0 Å². The molecular formula is C32H37ClN2O7S. The van der Waals surface area contributed by atoms with Gasteiger partial charge in [0.05, 0.1) is 24.2 Å². The Hall–Kier alpha value is -3.08. The lowest BCUT2D eigenvalue weighted by Crippen LogP contribution is -2.49. The van der Waals surface area contributed by atoms with Gasteiger partial charge < -0.3 is 19.5 Å². The molecule has 2 heterocycles. The lowest BCUT2D eigenvalue weighted by atomic mass is 9.68. The van der Waals surface area contributed by atoms with Crippen molar-refractivity contribution in [3.05, 3.63) is 70.3 Å². The van der Waals surface area contributed by atoms with E-state index in [1.54, 1.807) is 18.2 Å². The summed E-state index contributed by atoms with van der Waals surface area (Å²) in [5, 5.41) is 10.0. The average molecular weight is 629 g/mol. The quantitative estimate of drug-likeness (QED) is 0.469. The summed E-state index contributed by atoms with van der Waals surface area (Å²) in [5.41, 5.74) is 3.15. The monoisotopic (exact) mass is 628 g/mol. The smallest absolute Gasteiger partial charge is 0.329 e. The van der Waals surface area contributed by atoms with E-state index in [4.69, 9.17) is 21.1 Å². The lowest BCUT2D eigenvalue weighted by molar-refractivity contribution is -0.145. The number of sulfonamides is 1. The van der Waals surface area contributed by atoms with E-state index >= 15 is 0 Å². The van der Waals surface area contributed by atoms with E-state index < -0.39 is 28.5 Å². The first kappa shape index (κ1) is 30.0. The molecule has 1 amide bonds. The Morgan fingerprint density at radius 1 is 1.19 bits per heavy atom. The Bertz CT molecular complexity index is 1540. The fourth-order valence-corrected chi connectivity index (χ4v) is 8.40. The average Bonchev–Trinajstić information content (AvgIpc) is 3.09. The van der Waals surface area contributed by atoms with Gasteiger partial charge in [-0.2, -0.15) is 0 Å². The van der Waals surface area contributed by atoms with Gasteiger partial charge in [0.2, 0.25) is 10.0 Å². The topological polar surface area (TPSA) is 122 Å². The van der Waals surface area contributed by atoms with Crippen LogP contribution in [-0.2, 0) is 31.4 Å². The summed E-state index contributed by atoms with van der Waals surface area (Å²) in [7, 11) is -3.85. The first-order valence-electron chi connectivity index (χ1n) is 15.0. The Morgan fingerprint density at radius 2 is 2.05 bits per heavy atom. The van der Waals surface area contributed by atoms with Crippen LogP contribution in [-0.4, -0.2) is 63.6 Å². The zero-order valence-corrected chi connectivity index (χ0v) is 25.5. The minimum atomic E-state index is -3.85. The van der Waals surface area contributed by atoms with E-state index in [0.717, 1.165) is 37.8 Å². The number of hydrogen-bond donors (Lipinski definition) is 2. The maximum absolute atomic E-state index is 13.1. The number of carboxylic acid groups (broad SMARTS) is 1. The predicted molar refractivity (Wildman–Crippen MR) is 163 cm³/mol. The largest absolute Gasteiger partial charge is 0.490 e. The van der Waals surface area contributed by atoms with Crippen molar-refractivity contribution in [1.29, 1.82) is 0 Å². The minimum absolute atomic E-state index is 0.111. The van der Waals surface area contributed by atoms with Gasteiger partial charge in [0.1, 0.15) is 12.4 Å². The summed E-state index contributed by atoms with van der Waals surface area (Å²) in [4.78, 5) is 26.8. The number of carbonyl (C=O) groups excluding carboxylic acids is 1. The first-order chi connectivity index (χ1) is 20.6. The molecule has 11 heteroatoms. The van der Waals surface area contributed by atoms with E-state index in [2.05, 4.69) is 15.7 Å². The fraction of sp³-hybridized carbons (Fsp3) is 0.500. The number of allylic oxidation sites excluding steroid dienone is 1. The molecule has 2 aromatic rings. The number of aryl methyl sites for hydroxylation is 1. The number of aliphatic carboxylic acids is 1. The maximum atomic E-state index is 13.1. The third-order valence-corrected chi connectivity index (χ3v) is 11.0. The number of benzene rings is 2. The summed E-state index contributed by atoms with van der Waals surface area (Å²) in [5.74, 6) is -0.909. The van der Waals surface area contributed by atoms with Crippen molar-refractivity contribution in [2.24, 2.45) is 11.8 Å². The van der Waals surface area contributed by atoms with Crippen LogP contribution in [0.4, 0.5) is 5.69 Å². The van der Waals surface area contributed by atoms with Gasteiger partial charge in [0.15, 0.2) is 0 Å². The van der Waals surface area contributed by atoms with Crippen LogP contribution in [0.5, 0.6) is 5.75 Å². The normalized spacial score (nSPS) is 29.2. The highest BCUT2D eigenvalue weighted by molar-refractivity contribution is 7.90. The second-order valence-corrected chi connectivity index (χ2v) is 14.6. The molecule has 1 saturated carbocycles. The van der Waals surface area contributed by atoms with Crippen LogP contribution in [0.25, 0.3) is 0 Å². The van der Waals surface area contributed by atoms with Crippen LogP contribution in [0.3, 0.4) is 0 Å². The van der Waals surface area contributed by atoms with E-state index in [1.165, 1.54) is 11.1 Å². The number of anilines is 1. The Kier molecular flexibility index (Phi) is 8.45. The van der Waals surface area contributed by atoms with Crippen LogP contribution in [0, 0.1) is 11.8 Å². The number of nitrogens with zero attached hydrogens (tertiary/aromatic N) is 1. The molecule has 2 aliphatic carbocycles. The molecule has 1 fully saturated rings. The summed E-state index contributed by atoms with van der Waals surface area (Å²) >= 11 is 6.38. The summed E-state index contributed by atoms with van der Waals surface area (Å²) < 4.78 is 40.0. The molecule has 43 heavy (non-hydrogen) atoms. The number of fused-ring (bicyclic) bond motifs is 4. The third-order valence-electron chi connectivity index (χ3n) is 9.41. The molecule has 2 N–H and O–H groups in total. The van der Waals surface area contributed by atoms with E-state index in [0.29, 0.717) is 43.3 Å². The summed E-state index contributed by atoms with van der Waals surface area (Å²) in [6.07, 6.45) is 8.89. The SMILES string of the molecule is O=C(O)CO[C@@H]1/C=C/CCCS(=O)(=O)NC(=O)c2ccc3c(c2)N(C[C@@H]2CC[C@H]21)C[C@@]1(CCCc2cc(Cl)ccc21)CO3. The molecule has 0 saturated heterocycles. The van der Waals surface area contributed by atoms with E-state index in [-0.39, 0.29) is 34.7 Å². The number of hydrogen-bond acceptors (Lipinski definition) is 7. The summed E-state index contributed by atoms with van der Waals surface area (Å²) in [6, 6.07) is 11.2. The highest BCUT2D eigenvalue weighted by Crippen LogP contribution is 2.47. The molecule has 4 atom stereocenters. The molecule has 0 unspecified atom stereocenters. The van der Waals surface area contributed by atoms with Crippen molar-refractivity contribution in [1.82, 2.24) is 4.72 Å². The van der Waals surface area contributed by atoms with Crippen molar-refractivity contribution in [2.45, 2.75) is 56.5 Å². The molecule has 0 radical (unpaired) electrons. The third kappa shape index (κ3) is 6.42. The lowest BCUT2D eigenvalue weighted by Gasteiger charge is -2.46. The Labute approximate surface area is 257 Å². The fourth-order valence-electron chi connectivity index (χ4n) is 7.15. The van der Waals surface area contributed by atoms with Crippen molar-refractivity contribution < 1.29 is 32.6 Å². The number of halogens is 1. The molecule has 230 valence electrons. The van der Waals surface area contributed by atoms with Crippen LogP contribution >= 0.6 is 11.6 Å². The zero-order valence-electron chi connectivity index (χ0n) is 24.0. The first-order valence-corrected chi connectivity index (χ1v) is 17.0. The van der Waals surface area contributed by atoms with Gasteiger partial charge in [0.25, 0.3) is 5.91 Å². The van der Waals surface area contributed by atoms with Gasteiger partial charge >= 0.3 is 5.97 Å². The van der Waals surface area contributed by atoms with E-state index in [9.17, 15) is 23.1 Å². The van der Waals surface area contributed by atoms with E-state index in [1.807, 2.05) is 24.3 Å². The number of carbonyl (C=O) groups is 2.